The predicted octanol–water partition coefficient (Wildman–Crippen LogP) is 1.90. The number of alkyl halides is 3. The molecule has 1 aromatic carbocycles. The van der Waals surface area contributed by atoms with Crippen molar-refractivity contribution in [1.82, 2.24) is 18.9 Å². The Hall–Kier alpha value is -3.65. The van der Waals surface area contributed by atoms with E-state index >= 15 is 0 Å². The van der Waals surface area contributed by atoms with Crippen LogP contribution in [0.2, 0.25) is 0 Å². The van der Waals surface area contributed by atoms with Crippen LogP contribution in [0.25, 0.3) is 16.9 Å². The summed E-state index contributed by atoms with van der Waals surface area (Å²) >= 11 is 0. The Labute approximate surface area is 167 Å². The number of hydrogen-bond donors (Lipinski definition) is 1. The minimum Gasteiger partial charge on any atom is -0.396 e. The van der Waals surface area contributed by atoms with E-state index in [1.807, 2.05) is 6.07 Å². The summed E-state index contributed by atoms with van der Waals surface area (Å²) in [6, 6.07) is 9.40. The molecule has 30 heavy (non-hydrogen) atoms. The molecule has 156 valence electrons. The van der Waals surface area contributed by atoms with Gasteiger partial charge in [0.05, 0.1) is 34.8 Å². The molecule has 11 heteroatoms. The Balaban J connectivity index is 2.32. The first-order valence-corrected chi connectivity index (χ1v) is 8.80. The summed E-state index contributed by atoms with van der Waals surface area (Å²) in [4.78, 5) is 25.4. The monoisotopic (exact) mass is 419 g/mol. The van der Waals surface area contributed by atoms with Crippen LogP contribution in [0, 0.1) is 18.3 Å². The van der Waals surface area contributed by atoms with E-state index in [-0.39, 0.29) is 24.2 Å². The van der Waals surface area contributed by atoms with Gasteiger partial charge in [-0.1, -0.05) is 0 Å². The van der Waals surface area contributed by atoms with E-state index in [1.165, 1.54) is 41.2 Å². The van der Waals surface area contributed by atoms with Gasteiger partial charge in [-0.15, -0.1) is 13.2 Å². The van der Waals surface area contributed by atoms with E-state index in [1.54, 1.807) is 0 Å². The van der Waals surface area contributed by atoms with Crippen LogP contribution in [0.1, 0.15) is 17.7 Å². The number of nitrogens with zero attached hydrogens (tertiary/aromatic N) is 5. The molecule has 3 aromatic rings. The molecule has 2 heterocycles. The summed E-state index contributed by atoms with van der Waals surface area (Å²) in [5.41, 5.74) is -2.51. The number of nitriles is 1. The van der Waals surface area contributed by atoms with Crippen LogP contribution in [-0.2, 0) is 12.8 Å². The fourth-order valence-corrected chi connectivity index (χ4v) is 3.15. The van der Waals surface area contributed by atoms with Gasteiger partial charge in [0.1, 0.15) is 0 Å². The van der Waals surface area contributed by atoms with Gasteiger partial charge in [-0.05, 0) is 43.7 Å². The normalized spacial score (nSPS) is 11.5. The summed E-state index contributed by atoms with van der Waals surface area (Å²) < 4.78 is 42.2. The molecule has 0 aliphatic heterocycles. The smallest absolute Gasteiger partial charge is 0.396 e. The third-order valence-corrected chi connectivity index (χ3v) is 4.51. The van der Waals surface area contributed by atoms with E-state index in [4.69, 9.17) is 10.4 Å². The first-order chi connectivity index (χ1) is 14.2. The highest BCUT2D eigenvalue weighted by Gasteiger charge is 2.37. The molecule has 0 amide bonds. The van der Waals surface area contributed by atoms with Gasteiger partial charge >= 0.3 is 12.0 Å². The van der Waals surface area contributed by atoms with Gasteiger partial charge in [0, 0.05) is 18.8 Å². The van der Waals surface area contributed by atoms with Gasteiger partial charge in [0.15, 0.2) is 0 Å². The quantitative estimate of drug-likeness (QED) is 0.680. The summed E-state index contributed by atoms with van der Waals surface area (Å²) in [5.74, 6) is 0. The fraction of sp³-hybridized carbons (Fsp3) is 0.263. The summed E-state index contributed by atoms with van der Waals surface area (Å²) in [5, 5.41) is 22.0. The molecule has 2 aromatic heterocycles. The van der Waals surface area contributed by atoms with Crippen LogP contribution in [0.4, 0.5) is 13.2 Å². The van der Waals surface area contributed by atoms with Crippen LogP contribution < -0.4 is 11.2 Å². The van der Waals surface area contributed by atoms with Crippen LogP contribution in [0.5, 0.6) is 0 Å². The van der Waals surface area contributed by atoms with Crippen molar-refractivity contribution in [3.05, 3.63) is 68.6 Å². The Kier molecular flexibility index (Phi) is 5.62. The molecule has 0 saturated heterocycles. The lowest BCUT2D eigenvalue weighted by Gasteiger charge is -2.19. The van der Waals surface area contributed by atoms with E-state index in [0.717, 1.165) is 6.92 Å². The number of benzene rings is 1. The van der Waals surface area contributed by atoms with E-state index in [2.05, 4.69) is 5.10 Å². The second-order valence-electron chi connectivity index (χ2n) is 6.37. The Morgan fingerprint density at radius 1 is 1.17 bits per heavy atom. The highest BCUT2D eigenvalue weighted by molar-refractivity contribution is 5.63. The van der Waals surface area contributed by atoms with Crippen molar-refractivity contribution in [2.75, 3.05) is 6.61 Å². The molecule has 0 bridgehead atoms. The zero-order valence-corrected chi connectivity index (χ0v) is 15.7. The van der Waals surface area contributed by atoms with Gasteiger partial charge in [-0.25, -0.2) is 14.0 Å². The van der Waals surface area contributed by atoms with Crippen LogP contribution in [-0.4, -0.2) is 30.6 Å². The van der Waals surface area contributed by atoms with Crippen molar-refractivity contribution in [1.29, 1.82) is 5.26 Å². The SMILES string of the molecule is Cc1c(-c2ccnn2-c2ccc(C#N)cc2)c(=O)n(CCCO)c(=O)n1C(F)(F)F. The second-order valence-corrected chi connectivity index (χ2v) is 6.37. The minimum atomic E-state index is -5.05. The maximum absolute atomic E-state index is 13.6. The second kappa shape index (κ2) is 8.00. The molecular formula is C19H16F3N5O3. The zero-order valence-electron chi connectivity index (χ0n) is 15.7. The molecule has 0 radical (unpaired) electrons. The van der Waals surface area contributed by atoms with E-state index in [9.17, 15) is 22.8 Å². The van der Waals surface area contributed by atoms with Crippen LogP contribution in [0.3, 0.4) is 0 Å². The maximum Gasteiger partial charge on any atom is 0.492 e. The zero-order chi connectivity index (χ0) is 22.1. The molecule has 0 saturated carbocycles. The minimum absolute atomic E-state index is 0.0537. The average molecular weight is 419 g/mol. The third kappa shape index (κ3) is 3.65. The topological polar surface area (TPSA) is 106 Å². The number of aliphatic hydroxyl groups is 1. The lowest BCUT2D eigenvalue weighted by Crippen LogP contribution is -2.46. The first-order valence-electron chi connectivity index (χ1n) is 8.80. The molecule has 0 unspecified atom stereocenters. The third-order valence-electron chi connectivity index (χ3n) is 4.51. The predicted molar refractivity (Wildman–Crippen MR) is 100.0 cm³/mol. The summed E-state index contributed by atoms with van der Waals surface area (Å²) in [7, 11) is 0. The fourth-order valence-electron chi connectivity index (χ4n) is 3.15. The molecule has 3 rings (SSSR count). The number of aliphatic hydroxyl groups excluding tert-OH is 1. The van der Waals surface area contributed by atoms with Crippen molar-refractivity contribution >= 4 is 0 Å². The van der Waals surface area contributed by atoms with Gasteiger partial charge in [0.2, 0.25) is 0 Å². The van der Waals surface area contributed by atoms with E-state index < -0.39 is 34.4 Å². The van der Waals surface area contributed by atoms with Crippen LogP contribution >= 0.6 is 0 Å². The summed E-state index contributed by atoms with van der Waals surface area (Å²) in [6.07, 6.45) is -3.80. The standard InChI is InChI=1S/C19H16F3N5O3/c1-12-16(15-7-8-24-27(15)14-5-3-13(11-23)4-6-14)17(29)25(9-2-10-28)18(30)26(12)19(20,21)22/h3-8,28H,2,9-10H2,1H3. The molecular weight excluding hydrogens is 403 g/mol. The molecule has 0 fully saturated rings. The first kappa shape index (κ1) is 21.1. The van der Waals surface area contributed by atoms with Crippen molar-refractivity contribution in [2.24, 2.45) is 0 Å². The summed E-state index contributed by atoms with van der Waals surface area (Å²) in [6.45, 7) is 0.269. The number of rotatable bonds is 5. The van der Waals surface area contributed by atoms with Crippen molar-refractivity contribution in [3.63, 3.8) is 0 Å². The van der Waals surface area contributed by atoms with E-state index in [0.29, 0.717) is 15.8 Å². The maximum atomic E-state index is 13.6. The molecule has 0 spiro atoms. The number of halogens is 3. The van der Waals surface area contributed by atoms with Crippen molar-refractivity contribution in [3.8, 4) is 23.0 Å². The highest BCUT2D eigenvalue weighted by Crippen LogP contribution is 2.27. The molecule has 0 aliphatic carbocycles. The van der Waals surface area contributed by atoms with Gasteiger partial charge in [-0.2, -0.15) is 10.4 Å². The molecule has 0 aliphatic rings. The number of hydrogen-bond acceptors (Lipinski definition) is 5. The van der Waals surface area contributed by atoms with Gasteiger partial charge < -0.3 is 5.11 Å². The Morgan fingerprint density at radius 2 is 1.83 bits per heavy atom. The van der Waals surface area contributed by atoms with Crippen molar-refractivity contribution < 1.29 is 18.3 Å². The lowest BCUT2D eigenvalue weighted by molar-refractivity contribution is -0.208. The van der Waals surface area contributed by atoms with Gasteiger partial charge in [-0.3, -0.25) is 9.36 Å². The van der Waals surface area contributed by atoms with Crippen LogP contribution in [0.15, 0.2) is 46.1 Å². The molecule has 0 atom stereocenters. The van der Waals surface area contributed by atoms with Gasteiger partial charge in [0.25, 0.3) is 5.56 Å². The number of aromatic nitrogens is 4. The lowest BCUT2D eigenvalue weighted by atomic mass is 10.1. The van der Waals surface area contributed by atoms with Crippen molar-refractivity contribution in [2.45, 2.75) is 26.2 Å². The molecule has 8 nitrogen and oxygen atoms in total. The molecule has 1 N–H and O–H groups in total. The highest BCUT2D eigenvalue weighted by atomic mass is 19.4. The average Bonchev–Trinajstić information content (AvgIpc) is 3.16. The Morgan fingerprint density at radius 3 is 2.40 bits per heavy atom. The Bertz CT molecular complexity index is 1230. The largest absolute Gasteiger partial charge is 0.492 e.